The number of hydrogen-bond donors (Lipinski definition) is 2. The van der Waals surface area contributed by atoms with E-state index in [0.29, 0.717) is 12.8 Å². The minimum Gasteiger partial charge on any atom is -0.444 e. The molecule has 2 N–H and O–H groups in total. The van der Waals surface area contributed by atoms with Gasteiger partial charge in [-0.2, -0.15) is 0 Å². The van der Waals surface area contributed by atoms with Gasteiger partial charge in [0, 0.05) is 13.0 Å². The summed E-state index contributed by atoms with van der Waals surface area (Å²) in [5, 5.41) is 18.9. The Kier molecular flexibility index (Phi) is 4.40. The van der Waals surface area contributed by atoms with E-state index < -0.39 is 17.3 Å². The van der Waals surface area contributed by atoms with E-state index in [1.165, 1.54) is 4.90 Å². The van der Waals surface area contributed by atoms with Crippen molar-refractivity contribution < 1.29 is 19.7 Å². The highest BCUT2D eigenvalue weighted by atomic mass is 16.6. The second-order valence-electron chi connectivity index (χ2n) is 5.96. The summed E-state index contributed by atoms with van der Waals surface area (Å²) < 4.78 is 5.20. The molecule has 0 saturated carbocycles. The van der Waals surface area contributed by atoms with E-state index in [9.17, 15) is 9.90 Å². The third kappa shape index (κ3) is 4.31. The molecule has 1 heterocycles. The van der Waals surface area contributed by atoms with Crippen LogP contribution in [-0.4, -0.2) is 52.1 Å². The standard InChI is InChI=1S/C13H23NO4/c1-10(5-6-15)7-13(17)8-14(9-13)11(16)18-12(2,3)4/h15,17H,1,5-9H2,2-4H3. The SMILES string of the molecule is C=C(CCO)CC1(O)CN(C(=O)OC(C)(C)C)C1. The Morgan fingerprint density at radius 3 is 2.44 bits per heavy atom. The summed E-state index contributed by atoms with van der Waals surface area (Å²) in [5.41, 5.74) is -0.641. The van der Waals surface area contributed by atoms with Crippen molar-refractivity contribution in [3.8, 4) is 0 Å². The zero-order valence-electron chi connectivity index (χ0n) is 11.4. The Morgan fingerprint density at radius 2 is 2.00 bits per heavy atom. The molecular formula is C13H23NO4. The number of nitrogens with zero attached hydrogens (tertiary/aromatic N) is 1. The molecule has 104 valence electrons. The van der Waals surface area contributed by atoms with Crippen LogP contribution in [0, 0.1) is 0 Å². The van der Waals surface area contributed by atoms with Crippen molar-refractivity contribution in [3.63, 3.8) is 0 Å². The lowest BCUT2D eigenvalue weighted by Crippen LogP contribution is -2.64. The van der Waals surface area contributed by atoms with E-state index in [1.54, 1.807) is 20.8 Å². The Hall–Kier alpha value is -1.07. The number of β-amino-alcohol motifs (C(OH)–C–C–N with tert-alkyl or cyclic N) is 1. The number of amides is 1. The minimum atomic E-state index is -0.914. The number of carbonyl (C=O) groups excluding carboxylic acids is 1. The topological polar surface area (TPSA) is 70.0 Å². The summed E-state index contributed by atoms with van der Waals surface area (Å²) in [6, 6.07) is 0. The van der Waals surface area contributed by atoms with Crippen LogP contribution in [0.5, 0.6) is 0 Å². The van der Waals surface area contributed by atoms with Gasteiger partial charge in [0.2, 0.25) is 0 Å². The molecule has 0 unspecified atom stereocenters. The monoisotopic (exact) mass is 257 g/mol. The second-order valence-corrected chi connectivity index (χ2v) is 5.96. The largest absolute Gasteiger partial charge is 0.444 e. The smallest absolute Gasteiger partial charge is 0.410 e. The molecule has 0 atom stereocenters. The van der Waals surface area contributed by atoms with Crippen molar-refractivity contribution in [1.82, 2.24) is 4.90 Å². The molecule has 18 heavy (non-hydrogen) atoms. The average molecular weight is 257 g/mol. The van der Waals surface area contributed by atoms with E-state index in [2.05, 4.69) is 6.58 Å². The van der Waals surface area contributed by atoms with Gasteiger partial charge in [0.25, 0.3) is 0 Å². The molecule has 5 heteroatoms. The molecule has 1 amide bonds. The lowest BCUT2D eigenvalue weighted by Gasteiger charge is -2.46. The van der Waals surface area contributed by atoms with Crippen molar-refractivity contribution >= 4 is 6.09 Å². The molecule has 0 radical (unpaired) electrons. The molecule has 1 aliphatic heterocycles. The Balaban J connectivity index is 2.38. The number of ether oxygens (including phenoxy) is 1. The molecule has 0 aliphatic carbocycles. The van der Waals surface area contributed by atoms with Gasteiger partial charge in [-0.25, -0.2) is 4.79 Å². The van der Waals surface area contributed by atoms with E-state index in [1.807, 2.05) is 0 Å². The predicted molar refractivity (Wildman–Crippen MR) is 68.2 cm³/mol. The molecule has 0 aromatic heterocycles. The van der Waals surface area contributed by atoms with Crippen molar-refractivity contribution in [1.29, 1.82) is 0 Å². The van der Waals surface area contributed by atoms with Gasteiger partial charge < -0.3 is 19.8 Å². The second kappa shape index (κ2) is 5.28. The van der Waals surface area contributed by atoms with Gasteiger partial charge in [0.15, 0.2) is 0 Å². The van der Waals surface area contributed by atoms with Gasteiger partial charge in [-0.1, -0.05) is 12.2 Å². The van der Waals surface area contributed by atoms with Crippen LogP contribution in [-0.2, 0) is 4.74 Å². The maximum atomic E-state index is 11.7. The molecule has 1 rings (SSSR count). The van der Waals surface area contributed by atoms with Crippen molar-refractivity contribution in [2.24, 2.45) is 0 Å². The lowest BCUT2D eigenvalue weighted by atomic mass is 9.87. The molecule has 1 fully saturated rings. The lowest BCUT2D eigenvalue weighted by molar-refractivity contribution is -0.0976. The molecule has 0 aromatic carbocycles. The first-order valence-corrected chi connectivity index (χ1v) is 6.13. The Bertz CT molecular complexity index is 326. The highest BCUT2D eigenvalue weighted by Gasteiger charge is 2.45. The Morgan fingerprint density at radius 1 is 1.44 bits per heavy atom. The van der Waals surface area contributed by atoms with Gasteiger partial charge in [-0.15, -0.1) is 0 Å². The first-order chi connectivity index (χ1) is 8.15. The van der Waals surface area contributed by atoms with Gasteiger partial charge in [-0.3, -0.25) is 0 Å². The van der Waals surface area contributed by atoms with Crippen LogP contribution in [0.15, 0.2) is 12.2 Å². The van der Waals surface area contributed by atoms with Gasteiger partial charge in [0.05, 0.1) is 13.1 Å². The van der Waals surface area contributed by atoms with Gasteiger partial charge in [-0.05, 0) is 27.2 Å². The predicted octanol–water partition coefficient (Wildman–Crippen LogP) is 1.30. The number of aliphatic hydroxyl groups excluding tert-OH is 1. The van der Waals surface area contributed by atoms with Gasteiger partial charge in [0.1, 0.15) is 11.2 Å². The summed E-state index contributed by atoms with van der Waals surface area (Å²) in [6.07, 6.45) is 0.488. The van der Waals surface area contributed by atoms with Crippen LogP contribution in [0.3, 0.4) is 0 Å². The van der Waals surface area contributed by atoms with Crippen LogP contribution < -0.4 is 0 Å². The number of hydrogen-bond acceptors (Lipinski definition) is 4. The van der Waals surface area contributed by atoms with E-state index in [0.717, 1.165) is 5.57 Å². The normalized spacial score (nSPS) is 18.2. The van der Waals surface area contributed by atoms with Gasteiger partial charge >= 0.3 is 6.09 Å². The number of rotatable bonds is 4. The molecule has 1 aliphatic rings. The molecule has 0 bridgehead atoms. The van der Waals surface area contributed by atoms with E-state index in [4.69, 9.17) is 9.84 Å². The maximum Gasteiger partial charge on any atom is 0.410 e. The number of likely N-dealkylation sites (tertiary alicyclic amines) is 1. The fraction of sp³-hybridized carbons (Fsp3) is 0.769. The maximum absolute atomic E-state index is 11.7. The van der Waals surface area contributed by atoms with Crippen LogP contribution in [0.25, 0.3) is 0 Å². The average Bonchev–Trinajstić information content (AvgIpc) is 2.11. The highest BCUT2D eigenvalue weighted by Crippen LogP contribution is 2.29. The van der Waals surface area contributed by atoms with E-state index in [-0.39, 0.29) is 19.7 Å². The third-order valence-electron chi connectivity index (χ3n) is 2.67. The van der Waals surface area contributed by atoms with Crippen LogP contribution in [0.1, 0.15) is 33.6 Å². The van der Waals surface area contributed by atoms with Crippen LogP contribution >= 0.6 is 0 Å². The summed E-state index contributed by atoms with van der Waals surface area (Å²) >= 11 is 0. The molecule has 5 nitrogen and oxygen atoms in total. The van der Waals surface area contributed by atoms with Crippen molar-refractivity contribution in [3.05, 3.63) is 12.2 Å². The quantitative estimate of drug-likeness (QED) is 0.745. The summed E-state index contributed by atoms with van der Waals surface area (Å²) in [7, 11) is 0. The number of aliphatic hydroxyl groups is 2. The molecule has 1 saturated heterocycles. The molecule has 0 aromatic rings. The Labute approximate surface area is 108 Å². The third-order valence-corrected chi connectivity index (χ3v) is 2.67. The van der Waals surface area contributed by atoms with E-state index >= 15 is 0 Å². The first kappa shape index (κ1) is 15.0. The number of carbonyl (C=O) groups is 1. The summed E-state index contributed by atoms with van der Waals surface area (Å²) in [5.74, 6) is 0. The first-order valence-electron chi connectivity index (χ1n) is 6.13. The van der Waals surface area contributed by atoms with Crippen LogP contribution in [0.2, 0.25) is 0 Å². The van der Waals surface area contributed by atoms with Crippen molar-refractivity contribution in [2.45, 2.75) is 44.8 Å². The highest BCUT2D eigenvalue weighted by molar-refractivity contribution is 5.69. The zero-order chi connectivity index (χ0) is 14.0. The van der Waals surface area contributed by atoms with Crippen LogP contribution in [0.4, 0.5) is 4.79 Å². The fourth-order valence-corrected chi connectivity index (χ4v) is 1.94. The summed E-state index contributed by atoms with van der Waals surface area (Å²) in [4.78, 5) is 13.1. The minimum absolute atomic E-state index is 0.0324. The molecular weight excluding hydrogens is 234 g/mol. The van der Waals surface area contributed by atoms with Crippen molar-refractivity contribution in [2.75, 3.05) is 19.7 Å². The zero-order valence-corrected chi connectivity index (χ0v) is 11.4. The molecule has 0 spiro atoms. The fourth-order valence-electron chi connectivity index (χ4n) is 1.94. The summed E-state index contributed by atoms with van der Waals surface area (Å²) in [6.45, 7) is 9.75.